The molecule has 0 bridgehead atoms. The molecular weight excluding hydrogens is 288 g/mol. The van der Waals surface area contributed by atoms with Gasteiger partial charge in [0.15, 0.2) is 0 Å². The lowest BCUT2D eigenvalue weighted by Gasteiger charge is -2.12. The molecule has 0 saturated carbocycles. The second-order valence-electron chi connectivity index (χ2n) is 4.55. The van der Waals surface area contributed by atoms with Gasteiger partial charge in [0, 0.05) is 4.47 Å². The second-order valence-corrected chi connectivity index (χ2v) is 5.40. The van der Waals surface area contributed by atoms with Crippen molar-refractivity contribution in [2.45, 2.75) is 25.9 Å². The number of aryl methyl sites for hydroxylation is 2. The van der Waals surface area contributed by atoms with Crippen LogP contribution in [0.2, 0.25) is 0 Å². The SMILES string of the molecule is Cc1cc(C(O)CCc2ccccc2)ccc1Br. The Hall–Kier alpha value is -1.12. The van der Waals surface area contributed by atoms with Gasteiger partial charge in [0.1, 0.15) is 0 Å². The Labute approximate surface area is 117 Å². The molecule has 0 saturated heterocycles. The zero-order valence-electron chi connectivity index (χ0n) is 10.4. The molecule has 2 heteroatoms. The lowest BCUT2D eigenvalue weighted by Crippen LogP contribution is -2.00. The molecule has 1 N–H and O–H groups in total. The standard InChI is InChI=1S/C16H17BrO/c1-12-11-14(8-9-15(12)17)16(18)10-7-13-5-3-2-4-6-13/h2-6,8-9,11,16,18H,7,10H2,1H3. The summed E-state index contributed by atoms with van der Waals surface area (Å²) in [6.07, 6.45) is 1.26. The first-order valence-electron chi connectivity index (χ1n) is 6.15. The van der Waals surface area contributed by atoms with Gasteiger partial charge in [0.05, 0.1) is 6.10 Å². The van der Waals surface area contributed by atoms with Gasteiger partial charge >= 0.3 is 0 Å². The molecule has 1 nitrogen and oxygen atoms in total. The highest BCUT2D eigenvalue weighted by molar-refractivity contribution is 9.10. The third kappa shape index (κ3) is 3.44. The Bertz CT molecular complexity index is 508. The molecule has 0 aliphatic rings. The highest BCUT2D eigenvalue weighted by Crippen LogP contribution is 2.24. The number of benzene rings is 2. The van der Waals surface area contributed by atoms with Gasteiger partial charge in [-0.2, -0.15) is 0 Å². The number of aliphatic hydroxyl groups is 1. The van der Waals surface area contributed by atoms with Crippen LogP contribution in [0.25, 0.3) is 0 Å². The average Bonchev–Trinajstić information content (AvgIpc) is 2.40. The lowest BCUT2D eigenvalue weighted by molar-refractivity contribution is 0.168. The maximum atomic E-state index is 10.2. The number of hydrogen-bond acceptors (Lipinski definition) is 1. The van der Waals surface area contributed by atoms with Gasteiger partial charge in [-0.1, -0.05) is 58.4 Å². The normalized spacial score (nSPS) is 12.4. The van der Waals surface area contributed by atoms with E-state index >= 15 is 0 Å². The predicted octanol–water partition coefficient (Wildman–Crippen LogP) is 4.42. The van der Waals surface area contributed by atoms with Crippen molar-refractivity contribution in [1.29, 1.82) is 0 Å². The Morgan fingerprint density at radius 2 is 1.83 bits per heavy atom. The molecule has 0 aliphatic heterocycles. The number of halogens is 1. The summed E-state index contributed by atoms with van der Waals surface area (Å²) in [5, 5.41) is 10.2. The molecule has 0 aliphatic carbocycles. The Morgan fingerprint density at radius 3 is 2.50 bits per heavy atom. The Morgan fingerprint density at radius 1 is 1.11 bits per heavy atom. The predicted molar refractivity (Wildman–Crippen MR) is 78.6 cm³/mol. The van der Waals surface area contributed by atoms with Crippen LogP contribution in [0.4, 0.5) is 0 Å². The Kier molecular flexibility index (Phi) is 4.56. The van der Waals surface area contributed by atoms with Crippen molar-refractivity contribution >= 4 is 15.9 Å². The molecule has 94 valence electrons. The topological polar surface area (TPSA) is 20.2 Å². The minimum absolute atomic E-state index is 0.392. The van der Waals surface area contributed by atoms with E-state index in [1.807, 2.05) is 43.3 Å². The molecule has 1 atom stereocenters. The second kappa shape index (κ2) is 6.17. The zero-order valence-corrected chi connectivity index (χ0v) is 12.0. The van der Waals surface area contributed by atoms with Crippen molar-refractivity contribution in [2.24, 2.45) is 0 Å². The summed E-state index contributed by atoms with van der Waals surface area (Å²) in [5.41, 5.74) is 3.42. The number of hydrogen-bond donors (Lipinski definition) is 1. The monoisotopic (exact) mass is 304 g/mol. The van der Waals surface area contributed by atoms with Crippen LogP contribution >= 0.6 is 15.9 Å². The fourth-order valence-electron chi connectivity index (χ4n) is 1.99. The zero-order chi connectivity index (χ0) is 13.0. The van der Waals surface area contributed by atoms with Crippen molar-refractivity contribution in [3.05, 3.63) is 69.7 Å². The maximum Gasteiger partial charge on any atom is 0.0793 e. The van der Waals surface area contributed by atoms with E-state index < -0.39 is 6.10 Å². The molecule has 1 unspecified atom stereocenters. The molecule has 2 aromatic carbocycles. The van der Waals surface area contributed by atoms with Gasteiger partial charge in [-0.05, 0) is 42.5 Å². The molecule has 0 radical (unpaired) electrons. The van der Waals surface area contributed by atoms with Crippen molar-refractivity contribution in [1.82, 2.24) is 0 Å². The molecule has 0 fully saturated rings. The van der Waals surface area contributed by atoms with Crippen LogP contribution in [0, 0.1) is 6.92 Å². The highest BCUT2D eigenvalue weighted by Gasteiger charge is 2.08. The Balaban J connectivity index is 1.99. The average molecular weight is 305 g/mol. The van der Waals surface area contributed by atoms with Gasteiger partial charge < -0.3 is 5.11 Å². The summed E-state index contributed by atoms with van der Waals surface area (Å²) >= 11 is 3.47. The maximum absolute atomic E-state index is 10.2. The van der Waals surface area contributed by atoms with E-state index in [-0.39, 0.29) is 0 Å². The molecular formula is C16H17BrO. The fourth-order valence-corrected chi connectivity index (χ4v) is 2.24. The first-order chi connectivity index (χ1) is 8.66. The molecule has 2 aromatic rings. The van der Waals surface area contributed by atoms with Crippen molar-refractivity contribution < 1.29 is 5.11 Å². The smallest absolute Gasteiger partial charge is 0.0793 e. The van der Waals surface area contributed by atoms with E-state index in [0.717, 1.165) is 28.4 Å². The van der Waals surface area contributed by atoms with Crippen LogP contribution < -0.4 is 0 Å². The summed E-state index contributed by atoms with van der Waals surface area (Å²) in [5.74, 6) is 0. The van der Waals surface area contributed by atoms with Crippen LogP contribution in [0.3, 0.4) is 0 Å². The lowest BCUT2D eigenvalue weighted by atomic mass is 10.0. The summed E-state index contributed by atoms with van der Waals surface area (Å²) in [7, 11) is 0. The number of aliphatic hydroxyl groups excluding tert-OH is 1. The summed E-state index contributed by atoms with van der Waals surface area (Å²) in [6.45, 7) is 2.04. The molecule has 18 heavy (non-hydrogen) atoms. The molecule has 0 spiro atoms. The van der Waals surface area contributed by atoms with E-state index in [4.69, 9.17) is 0 Å². The van der Waals surface area contributed by atoms with Gasteiger partial charge in [-0.3, -0.25) is 0 Å². The van der Waals surface area contributed by atoms with Crippen molar-refractivity contribution in [3.63, 3.8) is 0 Å². The van der Waals surface area contributed by atoms with Crippen LogP contribution in [0.15, 0.2) is 53.0 Å². The summed E-state index contributed by atoms with van der Waals surface area (Å²) < 4.78 is 1.08. The van der Waals surface area contributed by atoms with Gasteiger partial charge in [0.25, 0.3) is 0 Å². The fraction of sp³-hybridized carbons (Fsp3) is 0.250. The minimum Gasteiger partial charge on any atom is -0.388 e. The summed E-state index contributed by atoms with van der Waals surface area (Å²) in [4.78, 5) is 0. The third-order valence-electron chi connectivity index (χ3n) is 3.12. The first-order valence-corrected chi connectivity index (χ1v) is 6.94. The van der Waals surface area contributed by atoms with E-state index in [2.05, 4.69) is 28.1 Å². The summed E-state index contributed by atoms with van der Waals surface area (Å²) in [6, 6.07) is 16.3. The molecule has 2 rings (SSSR count). The van der Waals surface area contributed by atoms with Gasteiger partial charge in [-0.15, -0.1) is 0 Å². The molecule has 0 amide bonds. The van der Waals surface area contributed by atoms with E-state index in [9.17, 15) is 5.11 Å². The largest absolute Gasteiger partial charge is 0.388 e. The van der Waals surface area contributed by atoms with Crippen molar-refractivity contribution in [2.75, 3.05) is 0 Å². The van der Waals surface area contributed by atoms with Gasteiger partial charge in [0.2, 0.25) is 0 Å². The third-order valence-corrected chi connectivity index (χ3v) is 4.01. The van der Waals surface area contributed by atoms with Crippen LogP contribution in [0.1, 0.15) is 29.2 Å². The van der Waals surface area contributed by atoms with Crippen LogP contribution in [-0.4, -0.2) is 5.11 Å². The van der Waals surface area contributed by atoms with Crippen LogP contribution in [0.5, 0.6) is 0 Å². The quantitative estimate of drug-likeness (QED) is 0.886. The molecule has 0 heterocycles. The molecule has 0 aromatic heterocycles. The van der Waals surface area contributed by atoms with E-state index in [0.29, 0.717) is 0 Å². The highest BCUT2D eigenvalue weighted by atomic mass is 79.9. The van der Waals surface area contributed by atoms with E-state index in [1.165, 1.54) is 5.56 Å². The first kappa shape index (κ1) is 13.3. The minimum atomic E-state index is -0.392. The number of rotatable bonds is 4. The van der Waals surface area contributed by atoms with E-state index in [1.54, 1.807) is 0 Å². The van der Waals surface area contributed by atoms with Gasteiger partial charge in [-0.25, -0.2) is 0 Å². The van der Waals surface area contributed by atoms with Crippen LogP contribution in [-0.2, 0) is 6.42 Å². The van der Waals surface area contributed by atoms with Crippen molar-refractivity contribution in [3.8, 4) is 0 Å².